The van der Waals surface area contributed by atoms with Crippen molar-refractivity contribution in [3.63, 3.8) is 0 Å². The van der Waals surface area contributed by atoms with Crippen molar-refractivity contribution in [2.24, 2.45) is 0 Å². The summed E-state index contributed by atoms with van der Waals surface area (Å²) < 4.78 is 27.2. The Kier molecular flexibility index (Phi) is 7.24. The molecule has 0 heterocycles. The summed E-state index contributed by atoms with van der Waals surface area (Å²) >= 11 is 0. The Morgan fingerprint density at radius 1 is 1.07 bits per heavy atom. The van der Waals surface area contributed by atoms with Gasteiger partial charge in [0, 0.05) is 19.1 Å². The number of hydrogen-bond acceptors (Lipinski definition) is 4. The van der Waals surface area contributed by atoms with Gasteiger partial charge in [-0.1, -0.05) is 49.4 Å². The molecule has 6 nitrogen and oxygen atoms in total. The lowest BCUT2D eigenvalue weighted by molar-refractivity contribution is 0.173. The number of nitrogens with zero attached hydrogens (tertiary/aromatic N) is 1. The molecule has 0 aliphatic rings. The zero-order valence-corrected chi connectivity index (χ0v) is 16.7. The van der Waals surface area contributed by atoms with E-state index in [-0.39, 0.29) is 17.8 Å². The van der Waals surface area contributed by atoms with Crippen LogP contribution in [0, 0.1) is 0 Å². The highest BCUT2D eigenvalue weighted by molar-refractivity contribution is 7.86. The van der Waals surface area contributed by atoms with E-state index in [0.717, 1.165) is 23.8 Å². The first-order valence-electron chi connectivity index (χ1n) is 8.85. The average Bonchev–Trinajstić information content (AvgIpc) is 2.64. The van der Waals surface area contributed by atoms with Crippen molar-refractivity contribution in [2.45, 2.75) is 39.4 Å². The van der Waals surface area contributed by atoms with Gasteiger partial charge >= 0.3 is 16.1 Å². The van der Waals surface area contributed by atoms with Gasteiger partial charge in [0.15, 0.2) is 0 Å². The van der Waals surface area contributed by atoms with Gasteiger partial charge in [0.1, 0.15) is 5.75 Å². The van der Waals surface area contributed by atoms with Crippen molar-refractivity contribution in [3.05, 3.63) is 65.7 Å². The molecule has 0 bridgehead atoms. The number of nitrogens with one attached hydrogen (secondary N) is 1. The zero-order valence-electron chi connectivity index (χ0n) is 15.9. The number of hydrogen-bond donors (Lipinski definition) is 1. The Morgan fingerprint density at radius 2 is 1.70 bits per heavy atom. The van der Waals surface area contributed by atoms with E-state index < -0.39 is 10.1 Å². The summed E-state index contributed by atoms with van der Waals surface area (Å²) in [7, 11) is -3.55. The quantitative estimate of drug-likeness (QED) is 0.700. The van der Waals surface area contributed by atoms with E-state index in [4.69, 9.17) is 4.18 Å². The van der Waals surface area contributed by atoms with Crippen molar-refractivity contribution in [1.29, 1.82) is 0 Å². The maximum atomic E-state index is 12.7. The fourth-order valence-corrected chi connectivity index (χ4v) is 3.01. The molecule has 0 aromatic heterocycles. The Labute approximate surface area is 161 Å². The second-order valence-corrected chi connectivity index (χ2v) is 8.04. The third-order valence-corrected chi connectivity index (χ3v) is 4.69. The first-order chi connectivity index (χ1) is 12.8. The van der Waals surface area contributed by atoms with Crippen LogP contribution in [0.4, 0.5) is 4.79 Å². The van der Waals surface area contributed by atoms with Gasteiger partial charge in [-0.3, -0.25) is 0 Å². The van der Waals surface area contributed by atoms with Gasteiger partial charge in [0.25, 0.3) is 0 Å². The molecule has 27 heavy (non-hydrogen) atoms. The molecule has 2 amide bonds. The summed E-state index contributed by atoms with van der Waals surface area (Å²) in [5, 5.41) is 2.96. The van der Waals surface area contributed by atoms with Gasteiger partial charge in [-0.05, 0) is 36.6 Å². The minimum Gasteiger partial charge on any atom is -0.383 e. The van der Waals surface area contributed by atoms with Crippen LogP contribution in [0.15, 0.2) is 54.6 Å². The van der Waals surface area contributed by atoms with E-state index in [9.17, 15) is 13.2 Å². The highest BCUT2D eigenvalue weighted by atomic mass is 32.2. The molecule has 0 unspecified atom stereocenters. The van der Waals surface area contributed by atoms with Crippen LogP contribution in [-0.2, 0) is 23.2 Å². The molecule has 2 aromatic carbocycles. The van der Waals surface area contributed by atoms with Crippen LogP contribution >= 0.6 is 0 Å². The normalized spacial score (nSPS) is 12.3. The molecule has 0 aliphatic heterocycles. The Balaban J connectivity index is 2.04. The van der Waals surface area contributed by atoms with Crippen LogP contribution in [0.5, 0.6) is 5.75 Å². The molecule has 1 N–H and O–H groups in total. The third-order valence-electron chi connectivity index (χ3n) is 4.19. The lowest BCUT2D eigenvalue weighted by Gasteiger charge is -2.29. The highest BCUT2D eigenvalue weighted by Crippen LogP contribution is 2.17. The Hall–Kier alpha value is -2.54. The van der Waals surface area contributed by atoms with Crippen molar-refractivity contribution in [3.8, 4) is 5.75 Å². The van der Waals surface area contributed by atoms with E-state index >= 15 is 0 Å². The maximum Gasteiger partial charge on any atom is 0.318 e. The first-order valence-corrected chi connectivity index (χ1v) is 10.7. The minimum atomic E-state index is -3.55. The fourth-order valence-electron chi connectivity index (χ4n) is 2.55. The predicted octanol–water partition coefficient (Wildman–Crippen LogP) is 3.54. The Bertz CT molecular complexity index is 836. The predicted molar refractivity (Wildman–Crippen MR) is 106 cm³/mol. The summed E-state index contributed by atoms with van der Waals surface area (Å²) in [6.07, 6.45) is 1.83. The van der Waals surface area contributed by atoms with E-state index in [1.54, 1.807) is 29.2 Å². The second-order valence-electron chi connectivity index (χ2n) is 6.46. The molecule has 2 rings (SSSR count). The van der Waals surface area contributed by atoms with Crippen LogP contribution in [0.2, 0.25) is 0 Å². The third kappa shape index (κ3) is 6.94. The largest absolute Gasteiger partial charge is 0.383 e. The van der Waals surface area contributed by atoms with E-state index in [1.807, 2.05) is 44.2 Å². The molecule has 1 atom stereocenters. The maximum absolute atomic E-state index is 12.7. The van der Waals surface area contributed by atoms with Gasteiger partial charge in [-0.2, -0.15) is 8.42 Å². The van der Waals surface area contributed by atoms with Gasteiger partial charge < -0.3 is 14.4 Å². The molecule has 7 heteroatoms. The van der Waals surface area contributed by atoms with Crippen molar-refractivity contribution in [2.75, 3.05) is 6.26 Å². The summed E-state index contributed by atoms with van der Waals surface area (Å²) in [4.78, 5) is 14.5. The lowest BCUT2D eigenvalue weighted by Crippen LogP contribution is -2.44. The molecule has 0 fully saturated rings. The first kappa shape index (κ1) is 20.8. The summed E-state index contributed by atoms with van der Waals surface area (Å²) in [5.74, 6) is 0.255. The fraction of sp³-hybridized carbons (Fsp3) is 0.350. The molecule has 0 radical (unpaired) electrons. The van der Waals surface area contributed by atoms with Crippen LogP contribution in [0.1, 0.15) is 31.4 Å². The van der Waals surface area contributed by atoms with Crippen LogP contribution in [0.3, 0.4) is 0 Å². The molecule has 0 saturated heterocycles. The molecule has 146 valence electrons. The smallest absolute Gasteiger partial charge is 0.318 e. The highest BCUT2D eigenvalue weighted by Gasteiger charge is 2.19. The number of benzene rings is 2. The number of carbonyl (C=O) groups is 1. The molecule has 2 aromatic rings. The number of amides is 2. The van der Waals surface area contributed by atoms with E-state index in [0.29, 0.717) is 13.1 Å². The molecular weight excluding hydrogens is 364 g/mol. The molecule has 0 spiro atoms. The topological polar surface area (TPSA) is 75.7 Å². The minimum absolute atomic E-state index is 0.0627. The molecule has 0 saturated carbocycles. The standard InChI is InChI=1S/C20H26N2O4S/c1-4-16(2)22(20(23)21-14-17-8-6-5-7-9-17)15-18-10-12-19(13-11-18)26-27(3,24)25/h5-13,16H,4,14-15H2,1-3H3,(H,21,23)/t16-/m0/s1. The van der Waals surface area contributed by atoms with Crippen molar-refractivity contribution < 1.29 is 17.4 Å². The summed E-state index contributed by atoms with van der Waals surface area (Å²) in [6.45, 7) is 4.93. The average molecular weight is 391 g/mol. The number of carbonyl (C=O) groups excluding carboxylic acids is 1. The second kappa shape index (κ2) is 9.41. The van der Waals surface area contributed by atoms with Crippen LogP contribution in [0.25, 0.3) is 0 Å². The summed E-state index contributed by atoms with van der Waals surface area (Å²) in [6, 6.07) is 16.4. The molecule has 0 aliphatic carbocycles. The van der Waals surface area contributed by atoms with Gasteiger partial charge in [-0.25, -0.2) is 4.79 Å². The lowest BCUT2D eigenvalue weighted by atomic mass is 10.1. The van der Waals surface area contributed by atoms with Gasteiger partial charge in [-0.15, -0.1) is 0 Å². The summed E-state index contributed by atoms with van der Waals surface area (Å²) in [5.41, 5.74) is 1.93. The zero-order chi connectivity index (χ0) is 19.9. The Morgan fingerprint density at radius 3 is 2.26 bits per heavy atom. The SMILES string of the molecule is CC[C@H](C)N(Cc1ccc(OS(C)(=O)=O)cc1)C(=O)NCc1ccccc1. The van der Waals surface area contributed by atoms with E-state index in [2.05, 4.69) is 5.32 Å². The van der Waals surface area contributed by atoms with Crippen molar-refractivity contribution in [1.82, 2.24) is 10.2 Å². The van der Waals surface area contributed by atoms with Crippen LogP contribution in [-0.4, -0.2) is 31.6 Å². The number of urea groups is 1. The van der Waals surface area contributed by atoms with Gasteiger partial charge in [0.2, 0.25) is 0 Å². The number of rotatable bonds is 8. The van der Waals surface area contributed by atoms with E-state index in [1.165, 1.54) is 0 Å². The van der Waals surface area contributed by atoms with Crippen LogP contribution < -0.4 is 9.50 Å². The van der Waals surface area contributed by atoms with Gasteiger partial charge in [0.05, 0.1) is 6.26 Å². The van der Waals surface area contributed by atoms with Crippen molar-refractivity contribution >= 4 is 16.1 Å². The monoisotopic (exact) mass is 390 g/mol. The molecular formula is C20H26N2O4S.